The number of carbonyl (C=O) groups excluding carboxylic acids is 5. The van der Waals surface area contributed by atoms with Gasteiger partial charge in [0.2, 0.25) is 29.5 Å². The number of aromatic nitrogens is 2. The van der Waals surface area contributed by atoms with Crippen LogP contribution < -0.4 is 32.3 Å². The molecule has 0 saturated heterocycles. The van der Waals surface area contributed by atoms with Gasteiger partial charge in [0.15, 0.2) is 0 Å². The number of nitrogens with two attached hydrogens (primary N) is 1. The fourth-order valence-corrected chi connectivity index (χ4v) is 6.34. The lowest BCUT2D eigenvalue weighted by Crippen LogP contribution is -2.62. The van der Waals surface area contributed by atoms with Crippen LogP contribution in [0.5, 0.6) is 0 Å². The van der Waals surface area contributed by atoms with Crippen molar-refractivity contribution in [1.29, 1.82) is 0 Å². The molecule has 0 aliphatic rings. The molecule has 0 saturated carbocycles. The van der Waals surface area contributed by atoms with Crippen LogP contribution in [0.1, 0.15) is 52.2 Å². The van der Waals surface area contributed by atoms with Gasteiger partial charge < -0.3 is 52.5 Å². The molecule has 4 rings (SSSR count). The minimum absolute atomic E-state index is 0.0365. The van der Waals surface area contributed by atoms with Gasteiger partial charge in [-0.15, -0.1) is 0 Å². The van der Waals surface area contributed by atoms with Gasteiger partial charge >= 0.3 is 5.97 Å². The fraction of sp³-hybridized carbons (Fsp3) is 0.436. The Labute approximate surface area is 318 Å². The highest BCUT2D eigenvalue weighted by Gasteiger charge is 2.36. The van der Waals surface area contributed by atoms with Crippen LogP contribution in [-0.2, 0) is 41.6 Å². The van der Waals surface area contributed by atoms with E-state index in [9.17, 15) is 39.0 Å². The number of amides is 5. The maximum Gasteiger partial charge on any atom is 0.326 e. The minimum Gasteiger partial charge on any atom is -0.480 e. The lowest BCUT2D eigenvalue weighted by atomic mass is 9.97. The second-order valence-electron chi connectivity index (χ2n) is 14.2. The Hall–Kier alpha value is -5.74. The molecule has 0 spiro atoms. The quantitative estimate of drug-likeness (QED) is 0.0653. The molecule has 0 aliphatic heterocycles. The van der Waals surface area contributed by atoms with Crippen LogP contribution in [0.2, 0.25) is 0 Å². The third-order valence-corrected chi connectivity index (χ3v) is 9.75. The predicted octanol–water partition coefficient (Wildman–Crippen LogP) is 0.985. The van der Waals surface area contributed by atoms with Crippen LogP contribution in [0.15, 0.2) is 60.9 Å². The van der Waals surface area contributed by atoms with E-state index in [2.05, 4.69) is 36.6 Å². The first-order valence-electron chi connectivity index (χ1n) is 18.4. The summed E-state index contributed by atoms with van der Waals surface area (Å²) in [6, 6.07) is 8.16. The Morgan fingerprint density at radius 1 is 0.655 bits per heavy atom. The second-order valence-corrected chi connectivity index (χ2v) is 14.2. The van der Waals surface area contributed by atoms with Gasteiger partial charge in [-0.2, -0.15) is 0 Å². The normalized spacial score (nSPS) is 15.3. The number of hydrogen-bond donors (Lipinski definition) is 10. The number of nitrogens with one attached hydrogen (secondary N) is 7. The van der Waals surface area contributed by atoms with Crippen LogP contribution in [0.25, 0.3) is 21.8 Å². The summed E-state index contributed by atoms with van der Waals surface area (Å²) in [4.78, 5) is 86.0. The third-order valence-electron chi connectivity index (χ3n) is 9.75. The molecule has 0 radical (unpaired) electrons. The van der Waals surface area contributed by atoms with Gasteiger partial charge in [0.05, 0.1) is 12.6 Å². The van der Waals surface area contributed by atoms with Gasteiger partial charge in [-0.3, -0.25) is 24.0 Å². The number of H-pyrrole nitrogens is 2. The second kappa shape index (κ2) is 19.0. The predicted molar refractivity (Wildman–Crippen MR) is 206 cm³/mol. The minimum atomic E-state index is -1.61. The van der Waals surface area contributed by atoms with Crippen molar-refractivity contribution in [3.05, 3.63) is 72.1 Å². The molecule has 0 aliphatic carbocycles. The highest BCUT2D eigenvalue weighted by molar-refractivity contribution is 5.97. The number of hydrogen-bond acceptors (Lipinski definition) is 8. The molecule has 296 valence electrons. The monoisotopic (exact) mass is 760 g/mol. The number of rotatable bonds is 19. The molecule has 0 fully saturated rings. The molecule has 11 N–H and O–H groups in total. The van der Waals surface area contributed by atoms with Gasteiger partial charge in [-0.05, 0) is 42.0 Å². The van der Waals surface area contributed by atoms with Crippen LogP contribution in [-0.4, -0.2) is 98.5 Å². The largest absolute Gasteiger partial charge is 0.480 e. The molecule has 16 nitrogen and oxygen atoms in total. The van der Waals surface area contributed by atoms with Gasteiger partial charge in [0.1, 0.15) is 30.2 Å². The number of aliphatic hydroxyl groups is 1. The Morgan fingerprint density at radius 2 is 1.11 bits per heavy atom. The van der Waals surface area contributed by atoms with Crippen LogP contribution in [0, 0.1) is 11.8 Å². The van der Waals surface area contributed by atoms with E-state index < -0.39 is 77.7 Å². The molecule has 0 bridgehead atoms. The molecular weight excluding hydrogens is 708 g/mol. The SMILES string of the molecule is CC[C@H](C)[C@@H](NC(=O)CN)C(=O)N[C@H](Cc1c[nH]c2ccccc12)C(=O)N[C@@H](C(=O)N[C@H](Cc1c[nH]c2ccccc12)C(=O)N[C@@H](C(=O)O)C(C)C)[C@@H](C)O. The molecule has 16 heteroatoms. The zero-order valence-electron chi connectivity index (χ0n) is 31.6. The smallest absolute Gasteiger partial charge is 0.326 e. The number of aliphatic carboxylic acids is 1. The van der Waals surface area contributed by atoms with Crippen molar-refractivity contribution >= 4 is 57.3 Å². The van der Waals surface area contributed by atoms with E-state index in [0.29, 0.717) is 17.5 Å². The highest BCUT2D eigenvalue weighted by Crippen LogP contribution is 2.21. The summed E-state index contributed by atoms with van der Waals surface area (Å²) in [7, 11) is 0. The molecule has 7 atom stereocenters. The number of fused-ring (bicyclic) bond motifs is 2. The number of para-hydroxylation sites is 2. The molecule has 2 heterocycles. The van der Waals surface area contributed by atoms with E-state index >= 15 is 0 Å². The van der Waals surface area contributed by atoms with Crippen LogP contribution in [0.4, 0.5) is 0 Å². The first kappa shape index (κ1) is 42.0. The first-order chi connectivity index (χ1) is 26.1. The molecule has 4 aromatic rings. The van der Waals surface area contributed by atoms with E-state index in [4.69, 9.17) is 5.73 Å². The molecule has 0 unspecified atom stereocenters. The Morgan fingerprint density at radius 3 is 1.53 bits per heavy atom. The van der Waals surface area contributed by atoms with Crippen molar-refractivity contribution in [3.63, 3.8) is 0 Å². The Balaban J connectivity index is 1.63. The number of carboxylic acids is 1. The highest BCUT2D eigenvalue weighted by atomic mass is 16.4. The van der Waals surface area contributed by atoms with Crippen molar-refractivity contribution in [1.82, 2.24) is 36.6 Å². The van der Waals surface area contributed by atoms with Crippen molar-refractivity contribution in [2.75, 3.05) is 6.54 Å². The summed E-state index contributed by atoms with van der Waals surface area (Å²) in [5.41, 5.74) is 8.41. The molecule has 2 aromatic heterocycles. The molecule has 2 aromatic carbocycles. The number of aliphatic hydroxyl groups excluding tert-OH is 1. The van der Waals surface area contributed by atoms with Crippen molar-refractivity contribution < 1.29 is 39.0 Å². The van der Waals surface area contributed by atoms with E-state index in [0.717, 1.165) is 21.8 Å². The van der Waals surface area contributed by atoms with E-state index in [1.807, 2.05) is 55.5 Å². The number of carboxylic acid groups (broad SMARTS) is 1. The average molecular weight is 761 g/mol. The Bertz CT molecular complexity index is 1990. The summed E-state index contributed by atoms with van der Waals surface area (Å²) in [5, 5.41) is 35.2. The molecule has 55 heavy (non-hydrogen) atoms. The van der Waals surface area contributed by atoms with Crippen molar-refractivity contribution in [3.8, 4) is 0 Å². The fourth-order valence-electron chi connectivity index (χ4n) is 6.34. The third kappa shape index (κ3) is 10.7. The van der Waals surface area contributed by atoms with Gasteiger partial charge in [-0.1, -0.05) is 70.5 Å². The summed E-state index contributed by atoms with van der Waals surface area (Å²) in [5.74, 6) is -5.81. The standard InChI is InChI=1S/C39H52N8O8/c1-6-21(4)33(45-31(49)17-40)37(52)43-30(16-24-19-42-28-14-10-8-12-26(24)28)36(51)47-34(22(5)48)38(53)44-29(35(50)46-32(20(2)3)39(54)55)15-23-18-41-27-13-9-7-11-25(23)27/h7-14,18-22,29-30,32-34,41-42,48H,6,15-17,40H2,1-5H3,(H,43,52)(H,44,53)(H,45,49)(H,46,50)(H,47,51)(H,54,55)/t21-,22+,29+,30+,32+,33+,34+/m0/s1. The van der Waals surface area contributed by atoms with Crippen molar-refractivity contribution in [2.45, 2.75) is 90.2 Å². The summed E-state index contributed by atoms with van der Waals surface area (Å²) in [6.07, 6.45) is 2.33. The van der Waals surface area contributed by atoms with E-state index in [-0.39, 0.29) is 25.3 Å². The average Bonchev–Trinajstić information content (AvgIpc) is 3.77. The van der Waals surface area contributed by atoms with E-state index in [1.54, 1.807) is 33.2 Å². The van der Waals surface area contributed by atoms with Crippen molar-refractivity contribution in [2.24, 2.45) is 17.6 Å². The first-order valence-corrected chi connectivity index (χ1v) is 18.4. The number of aromatic amines is 2. The maximum absolute atomic E-state index is 14.1. The molecule has 5 amide bonds. The number of benzene rings is 2. The summed E-state index contributed by atoms with van der Waals surface area (Å²) < 4.78 is 0. The topological polar surface area (TPSA) is 261 Å². The summed E-state index contributed by atoms with van der Waals surface area (Å²) in [6.45, 7) is 7.82. The zero-order valence-corrected chi connectivity index (χ0v) is 31.6. The zero-order chi connectivity index (χ0) is 40.4. The van der Waals surface area contributed by atoms with Crippen LogP contribution in [0.3, 0.4) is 0 Å². The summed E-state index contributed by atoms with van der Waals surface area (Å²) >= 11 is 0. The van der Waals surface area contributed by atoms with Gasteiger partial charge in [0, 0.05) is 47.0 Å². The van der Waals surface area contributed by atoms with Crippen LogP contribution >= 0.6 is 0 Å². The number of carbonyl (C=O) groups is 6. The molecular formula is C39H52N8O8. The van der Waals surface area contributed by atoms with Gasteiger partial charge in [-0.25, -0.2) is 4.79 Å². The Kier molecular flexibility index (Phi) is 14.5. The van der Waals surface area contributed by atoms with Gasteiger partial charge in [0.25, 0.3) is 0 Å². The van der Waals surface area contributed by atoms with E-state index in [1.165, 1.54) is 6.92 Å². The lowest BCUT2D eigenvalue weighted by Gasteiger charge is -2.29. The lowest BCUT2D eigenvalue weighted by molar-refractivity contribution is -0.143. The maximum atomic E-state index is 14.1.